The highest BCUT2D eigenvalue weighted by Gasteiger charge is 2.35. The zero-order chi connectivity index (χ0) is 16.4. The first-order chi connectivity index (χ1) is 11.0. The summed E-state index contributed by atoms with van der Waals surface area (Å²) in [5.41, 5.74) is 0.601. The largest absolute Gasteiger partial charge is 0.476 e. The van der Waals surface area contributed by atoms with E-state index in [0.29, 0.717) is 5.56 Å². The zero-order valence-electron chi connectivity index (χ0n) is 12.2. The Bertz CT molecular complexity index is 702. The number of ether oxygens (including phenoxy) is 1. The van der Waals surface area contributed by atoms with Crippen molar-refractivity contribution in [3.63, 3.8) is 0 Å². The van der Waals surface area contributed by atoms with Crippen LogP contribution in [0.5, 0.6) is 5.75 Å². The van der Waals surface area contributed by atoms with E-state index in [0.717, 1.165) is 12.1 Å². The fourth-order valence-corrected chi connectivity index (χ4v) is 2.38. The molecule has 4 nitrogen and oxygen atoms in total. The minimum absolute atomic E-state index is 0.0622. The summed E-state index contributed by atoms with van der Waals surface area (Å²) in [6.45, 7) is 0.479. The lowest BCUT2D eigenvalue weighted by Crippen LogP contribution is -2.55. The third-order valence-electron chi connectivity index (χ3n) is 3.65. The number of hydrogen-bond donors (Lipinski definition) is 1. The van der Waals surface area contributed by atoms with Crippen molar-refractivity contribution < 1.29 is 23.4 Å². The number of halogens is 2. The Hall–Kier alpha value is -2.47. The molecule has 0 aliphatic carbocycles. The van der Waals surface area contributed by atoms with Gasteiger partial charge in [0.05, 0.1) is 6.10 Å². The predicted octanol–water partition coefficient (Wildman–Crippen LogP) is 2.29. The number of aliphatic hydroxyl groups excluding tert-OH is 1. The number of β-amino-alcohol motifs (C(OH)–C–C–N with tert-alkyl or cyclic N) is 1. The van der Waals surface area contributed by atoms with E-state index in [4.69, 9.17) is 4.74 Å². The number of carbonyl (C=O) groups excluding carboxylic acids is 1. The molecule has 0 saturated carbocycles. The van der Waals surface area contributed by atoms with Crippen molar-refractivity contribution in [3.8, 4) is 5.75 Å². The van der Waals surface area contributed by atoms with Gasteiger partial charge in [0, 0.05) is 24.7 Å². The van der Waals surface area contributed by atoms with Crippen molar-refractivity contribution >= 4 is 5.91 Å². The Morgan fingerprint density at radius 2 is 1.83 bits per heavy atom. The van der Waals surface area contributed by atoms with Gasteiger partial charge in [0.25, 0.3) is 5.91 Å². The third kappa shape index (κ3) is 3.32. The molecule has 2 aromatic rings. The van der Waals surface area contributed by atoms with Gasteiger partial charge in [-0.15, -0.1) is 0 Å². The Kier molecular flexibility index (Phi) is 4.25. The zero-order valence-corrected chi connectivity index (χ0v) is 12.2. The molecular formula is C17H15F2NO3. The predicted molar refractivity (Wildman–Crippen MR) is 78.8 cm³/mol. The number of likely N-dealkylation sites (tertiary alicyclic amines) is 1. The minimum atomic E-state index is -1.04. The summed E-state index contributed by atoms with van der Waals surface area (Å²) >= 11 is 0. The van der Waals surface area contributed by atoms with Gasteiger partial charge in [-0.1, -0.05) is 30.3 Å². The van der Waals surface area contributed by atoms with Crippen molar-refractivity contribution in [2.24, 2.45) is 0 Å². The lowest BCUT2D eigenvalue weighted by Gasteiger charge is -2.38. The van der Waals surface area contributed by atoms with Gasteiger partial charge in [-0.05, 0) is 12.1 Å². The second-order valence-electron chi connectivity index (χ2n) is 5.38. The SMILES string of the molecule is O=C(C(Oc1ccc(F)c(F)c1)c1ccccc1)N1CC(O)C1. The topological polar surface area (TPSA) is 49.8 Å². The summed E-state index contributed by atoms with van der Waals surface area (Å²) < 4.78 is 32.0. The summed E-state index contributed by atoms with van der Waals surface area (Å²) in [4.78, 5) is 14.0. The molecule has 1 N–H and O–H groups in total. The lowest BCUT2D eigenvalue weighted by atomic mass is 10.0. The maximum Gasteiger partial charge on any atom is 0.268 e. The van der Waals surface area contributed by atoms with E-state index in [9.17, 15) is 18.7 Å². The molecule has 1 aliphatic rings. The van der Waals surface area contributed by atoms with E-state index in [1.165, 1.54) is 11.0 Å². The Morgan fingerprint density at radius 1 is 1.13 bits per heavy atom. The fraction of sp³-hybridized carbons (Fsp3) is 0.235. The number of nitrogens with zero attached hydrogens (tertiary/aromatic N) is 1. The van der Waals surface area contributed by atoms with E-state index < -0.39 is 23.8 Å². The normalized spacial score (nSPS) is 15.9. The van der Waals surface area contributed by atoms with Crippen molar-refractivity contribution in [2.45, 2.75) is 12.2 Å². The second-order valence-corrected chi connectivity index (χ2v) is 5.38. The Balaban J connectivity index is 1.85. The van der Waals surface area contributed by atoms with E-state index in [-0.39, 0.29) is 24.7 Å². The van der Waals surface area contributed by atoms with Crippen molar-refractivity contribution in [1.29, 1.82) is 0 Å². The molecule has 1 amide bonds. The minimum Gasteiger partial charge on any atom is -0.476 e. The molecule has 1 fully saturated rings. The van der Waals surface area contributed by atoms with Crippen molar-refractivity contribution in [3.05, 3.63) is 65.7 Å². The van der Waals surface area contributed by atoms with Crippen LogP contribution in [0.2, 0.25) is 0 Å². The molecule has 1 saturated heterocycles. The smallest absolute Gasteiger partial charge is 0.268 e. The maximum atomic E-state index is 13.3. The van der Waals surface area contributed by atoms with Crippen LogP contribution in [0.15, 0.2) is 48.5 Å². The molecule has 0 radical (unpaired) electrons. The summed E-state index contributed by atoms with van der Waals surface area (Å²) in [6, 6.07) is 11.9. The van der Waals surface area contributed by atoms with Crippen LogP contribution >= 0.6 is 0 Å². The fourth-order valence-electron chi connectivity index (χ4n) is 2.38. The summed E-state index contributed by atoms with van der Waals surface area (Å²) in [5, 5.41) is 9.35. The molecule has 1 unspecified atom stereocenters. The molecule has 6 heteroatoms. The standard InChI is InChI=1S/C17H15F2NO3/c18-14-7-6-13(8-15(14)19)23-16(11-4-2-1-3-5-11)17(22)20-9-12(21)10-20/h1-8,12,16,21H,9-10H2. The van der Waals surface area contributed by atoms with Crippen molar-refractivity contribution in [1.82, 2.24) is 4.90 Å². The van der Waals surface area contributed by atoms with Crippen LogP contribution in [0.4, 0.5) is 8.78 Å². The number of benzene rings is 2. The van der Waals surface area contributed by atoms with E-state index >= 15 is 0 Å². The number of carbonyl (C=O) groups is 1. The molecular weight excluding hydrogens is 304 g/mol. The first-order valence-corrected chi connectivity index (χ1v) is 7.18. The number of aliphatic hydroxyl groups is 1. The average molecular weight is 319 g/mol. The first-order valence-electron chi connectivity index (χ1n) is 7.18. The lowest BCUT2D eigenvalue weighted by molar-refractivity contribution is -0.149. The maximum absolute atomic E-state index is 13.3. The van der Waals surface area contributed by atoms with Gasteiger partial charge in [-0.3, -0.25) is 4.79 Å². The average Bonchev–Trinajstić information content (AvgIpc) is 2.53. The third-order valence-corrected chi connectivity index (χ3v) is 3.65. The van der Waals surface area contributed by atoms with Gasteiger partial charge in [-0.2, -0.15) is 0 Å². The highest BCUT2D eigenvalue weighted by Crippen LogP contribution is 2.27. The van der Waals surface area contributed by atoms with Crippen molar-refractivity contribution in [2.75, 3.05) is 13.1 Å². The molecule has 0 spiro atoms. The van der Waals surface area contributed by atoms with E-state index in [1.807, 2.05) is 0 Å². The molecule has 3 rings (SSSR count). The van der Waals surface area contributed by atoms with E-state index in [1.54, 1.807) is 30.3 Å². The molecule has 0 aromatic heterocycles. The van der Waals surface area contributed by atoms with Crippen LogP contribution in [0.25, 0.3) is 0 Å². The molecule has 1 heterocycles. The van der Waals surface area contributed by atoms with Gasteiger partial charge >= 0.3 is 0 Å². The number of amides is 1. The van der Waals surface area contributed by atoms with Crippen LogP contribution < -0.4 is 4.74 Å². The Morgan fingerprint density at radius 3 is 2.43 bits per heavy atom. The highest BCUT2D eigenvalue weighted by atomic mass is 19.2. The highest BCUT2D eigenvalue weighted by molar-refractivity contribution is 5.83. The second kappa shape index (κ2) is 6.34. The molecule has 120 valence electrons. The molecule has 0 bridgehead atoms. The van der Waals surface area contributed by atoms with Gasteiger partial charge < -0.3 is 14.7 Å². The molecule has 1 atom stereocenters. The number of rotatable bonds is 4. The van der Waals surface area contributed by atoms with Gasteiger partial charge in [-0.25, -0.2) is 8.78 Å². The molecule has 2 aromatic carbocycles. The van der Waals surface area contributed by atoms with Crippen LogP contribution in [-0.2, 0) is 4.79 Å². The molecule has 23 heavy (non-hydrogen) atoms. The van der Waals surface area contributed by atoms with Crippen LogP contribution in [0.1, 0.15) is 11.7 Å². The monoisotopic (exact) mass is 319 g/mol. The van der Waals surface area contributed by atoms with Crippen LogP contribution in [-0.4, -0.2) is 35.1 Å². The Labute approximate surface area is 131 Å². The van der Waals surface area contributed by atoms with Gasteiger partial charge in [0.15, 0.2) is 11.6 Å². The van der Waals surface area contributed by atoms with Gasteiger partial charge in [0.2, 0.25) is 6.10 Å². The summed E-state index contributed by atoms with van der Waals surface area (Å²) in [7, 11) is 0. The summed E-state index contributed by atoms with van der Waals surface area (Å²) in [6.07, 6.45) is -1.51. The molecule has 1 aliphatic heterocycles. The number of hydrogen-bond acceptors (Lipinski definition) is 3. The van der Waals surface area contributed by atoms with Crippen LogP contribution in [0, 0.1) is 11.6 Å². The van der Waals surface area contributed by atoms with Gasteiger partial charge in [0.1, 0.15) is 5.75 Å². The van der Waals surface area contributed by atoms with E-state index in [2.05, 4.69) is 0 Å². The van der Waals surface area contributed by atoms with Crippen LogP contribution in [0.3, 0.4) is 0 Å². The summed E-state index contributed by atoms with van der Waals surface area (Å²) in [5.74, 6) is -2.29. The first kappa shape index (κ1) is 15.4. The quantitative estimate of drug-likeness (QED) is 0.941.